The summed E-state index contributed by atoms with van der Waals surface area (Å²) in [5, 5.41) is 0. The van der Waals surface area contributed by atoms with Crippen LogP contribution in [0.5, 0.6) is 0 Å². The van der Waals surface area contributed by atoms with Crippen molar-refractivity contribution in [2.75, 3.05) is 0 Å². The summed E-state index contributed by atoms with van der Waals surface area (Å²) in [6, 6.07) is 67.9. The van der Waals surface area contributed by atoms with Gasteiger partial charge in [-0.1, -0.05) is 178 Å². The molecule has 0 unspecified atom stereocenters. The number of hydrogen-bond acceptors (Lipinski definition) is 1. The maximum atomic E-state index is 5.19. The zero-order valence-corrected chi connectivity index (χ0v) is 28.8. The molecule has 1 heteroatoms. The number of hydrogen-bond donors (Lipinski definition) is 0. The Morgan fingerprint density at radius 3 is 1.29 bits per heavy atom. The van der Waals surface area contributed by atoms with Crippen LogP contribution in [0.2, 0.25) is 0 Å². The van der Waals surface area contributed by atoms with Crippen LogP contribution in [-0.2, 0) is 5.41 Å². The molecule has 9 rings (SSSR count). The summed E-state index contributed by atoms with van der Waals surface area (Å²) in [6.45, 7) is 4.71. The van der Waals surface area contributed by atoms with Crippen LogP contribution in [0.1, 0.15) is 25.0 Å². The third-order valence-electron chi connectivity index (χ3n) is 10.5. The van der Waals surface area contributed by atoms with Crippen molar-refractivity contribution in [3.8, 4) is 78.1 Å². The second-order valence-corrected chi connectivity index (χ2v) is 14.0. The van der Waals surface area contributed by atoms with Crippen LogP contribution in [0.25, 0.3) is 78.1 Å². The predicted molar refractivity (Wildman–Crippen MR) is 214 cm³/mol. The Morgan fingerprint density at radius 1 is 0.294 bits per heavy atom. The minimum Gasteiger partial charge on any atom is -0.248 e. The standard InChI is InChI=1S/C50H37N/c1-50(2)46-21-13-12-20-42(46)45-32-43(37-24-22-36(23-25-37)34-14-6-3-7-15-34)44(33-47(45)50)38-26-28-40(29-27-38)49-31-41(35-16-8-4-9-17-35)30-48(51-49)39-18-10-5-11-19-39/h3-33H,1-2H3. The first kappa shape index (κ1) is 30.7. The first-order valence-electron chi connectivity index (χ1n) is 17.7. The van der Waals surface area contributed by atoms with E-state index in [0.29, 0.717) is 0 Å². The average Bonchev–Trinajstić information content (AvgIpc) is 3.43. The molecule has 1 heterocycles. The highest BCUT2D eigenvalue weighted by atomic mass is 14.7. The van der Waals surface area contributed by atoms with Crippen molar-refractivity contribution in [2.45, 2.75) is 19.3 Å². The highest BCUT2D eigenvalue weighted by molar-refractivity contribution is 5.93. The molecule has 1 aliphatic carbocycles. The Labute approximate surface area is 300 Å². The van der Waals surface area contributed by atoms with Gasteiger partial charge in [0, 0.05) is 16.5 Å². The molecule has 1 nitrogen and oxygen atoms in total. The van der Waals surface area contributed by atoms with Gasteiger partial charge in [-0.25, -0.2) is 4.98 Å². The molecule has 0 radical (unpaired) electrons. The van der Waals surface area contributed by atoms with Crippen molar-refractivity contribution < 1.29 is 0 Å². The van der Waals surface area contributed by atoms with Crippen LogP contribution in [0.3, 0.4) is 0 Å². The summed E-state index contributed by atoms with van der Waals surface area (Å²) in [5.41, 5.74) is 19.1. The quantitative estimate of drug-likeness (QED) is 0.174. The molecule has 0 aliphatic heterocycles. The van der Waals surface area contributed by atoms with Gasteiger partial charge < -0.3 is 0 Å². The lowest BCUT2D eigenvalue weighted by atomic mass is 9.80. The molecule has 8 aromatic rings. The van der Waals surface area contributed by atoms with E-state index in [1.54, 1.807) is 0 Å². The molecule has 0 N–H and O–H groups in total. The molecule has 1 aliphatic rings. The second kappa shape index (κ2) is 12.5. The van der Waals surface area contributed by atoms with Gasteiger partial charge in [0.25, 0.3) is 0 Å². The Balaban J connectivity index is 1.17. The molecule has 0 saturated carbocycles. The Kier molecular flexibility index (Phi) is 7.55. The molecule has 0 atom stereocenters. The normalized spacial score (nSPS) is 12.7. The number of rotatable bonds is 6. The zero-order valence-electron chi connectivity index (χ0n) is 28.8. The number of nitrogens with zero attached hydrogens (tertiary/aromatic N) is 1. The van der Waals surface area contributed by atoms with Crippen molar-refractivity contribution in [1.82, 2.24) is 4.98 Å². The van der Waals surface area contributed by atoms with E-state index >= 15 is 0 Å². The van der Waals surface area contributed by atoms with Gasteiger partial charge in [-0.2, -0.15) is 0 Å². The van der Waals surface area contributed by atoms with Crippen LogP contribution in [0, 0.1) is 0 Å². The van der Waals surface area contributed by atoms with Crippen molar-refractivity contribution in [1.29, 1.82) is 0 Å². The number of pyridine rings is 1. The molecule has 0 fully saturated rings. The molecule has 7 aromatic carbocycles. The summed E-state index contributed by atoms with van der Waals surface area (Å²) in [7, 11) is 0. The molecular formula is C50H37N. The van der Waals surface area contributed by atoms with Gasteiger partial charge in [-0.15, -0.1) is 0 Å². The molecular weight excluding hydrogens is 615 g/mol. The SMILES string of the molecule is CC1(C)c2ccccc2-c2cc(-c3ccc(-c4ccccc4)cc3)c(-c3ccc(-c4cc(-c5ccccc5)cc(-c5ccccc5)n4)cc3)cc21. The van der Waals surface area contributed by atoms with E-state index in [1.807, 2.05) is 0 Å². The summed E-state index contributed by atoms with van der Waals surface area (Å²) in [4.78, 5) is 5.19. The van der Waals surface area contributed by atoms with E-state index < -0.39 is 0 Å². The third-order valence-corrected chi connectivity index (χ3v) is 10.5. The Hall–Kier alpha value is -6.31. The Morgan fingerprint density at radius 2 is 0.706 bits per heavy atom. The lowest BCUT2D eigenvalue weighted by molar-refractivity contribution is 0.660. The largest absolute Gasteiger partial charge is 0.248 e. The van der Waals surface area contributed by atoms with Gasteiger partial charge >= 0.3 is 0 Å². The van der Waals surface area contributed by atoms with Gasteiger partial charge in [0.05, 0.1) is 11.4 Å². The number of fused-ring (bicyclic) bond motifs is 3. The molecule has 0 spiro atoms. The minimum absolute atomic E-state index is 0.0913. The number of benzene rings is 7. The van der Waals surface area contributed by atoms with E-state index in [0.717, 1.165) is 28.1 Å². The topological polar surface area (TPSA) is 12.9 Å². The fourth-order valence-corrected chi connectivity index (χ4v) is 7.75. The summed E-state index contributed by atoms with van der Waals surface area (Å²) in [6.07, 6.45) is 0. The van der Waals surface area contributed by atoms with Crippen molar-refractivity contribution in [2.24, 2.45) is 0 Å². The van der Waals surface area contributed by atoms with E-state index in [4.69, 9.17) is 4.98 Å². The van der Waals surface area contributed by atoms with E-state index in [1.165, 1.54) is 61.2 Å². The van der Waals surface area contributed by atoms with Crippen molar-refractivity contribution in [3.63, 3.8) is 0 Å². The molecule has 1 aromatic heterocycles. The highest BCUT2D eigenvalue weighted by Crippen LogP contribution is 2.52. The molecule has 242 valence electrons. The second-order valence-electron chi connectivity index (χ2n) is 14.0. The first-order chi connectivity index (χ1) is 25.0. The zero-order chi connectivity index (χ0) is 34.4. The van der Waals surface area contributed by atoms with Crippen LogP contribution >= 0.6 is 0 Å². The van der Waals surface area contributed by atoms with Gasteiger partial charge in [0.15, 0.2) is 0 Å². The van der Waals surface area contributed by atoms with E-state index in [9.17, 15) is 0 Å². The van der Waals surface area contributed by atoms with Gasteiger partial charge in [0.2, 0.25) is 0 Å². The van der Waals surface area contributed by atoms with Crippen LogP contribution < -0.4 is 0 Å². The summed E-state index contributed by atoms with van der Waals surface area (Å²) >= 11 is 0. The fourth-order valence-electron chi connectivity index (χ4n) is 7.75. The van der Waals surface area contributed by atoms with E-state index in [-0.39, 0.29) is 5.41 Å². The van der Waals surface area contributed by atoms with Gasteiger partial charge in [-0.3, -0.25) is 0 Å². The smallest absolute Gasteiger partial charge is 0.0715 e. The maximum Gasteiger partial charge on any atom is 0.0715 e. The molecule has 51 heavy (non-hydrogen) atoms. The minimum atomic E-state index is -0.0913. The summed E-state index contributed by atoms with van der Waals surface area (Å²) in [5.74, 6) is 0. The van der Waals surface area contributed by atoms with Crippen molar-refractivity contribution in [3.05, 3.63) is 199 Å². The maximum absolute atomic E-state index is 5.19. The monoisotopic (exact) mass is 651 g/mol. The van der Waals surface area contributed by atoms with Crippen molar-refractivity contribution >= 4 is 0 Å². The van der Waals surface area contributed by atoms with Crippen LogP contribution in [0.4, 0.5) is 0 Å². The summed E-state index contributed by atoms with van der Waals surface area (Å²) < 4.78 is 0. The lowest BCUT2D eigenvalue weighted by Crippen LogP contribution is -2.15. The number of aromatic nitrogens is 1. The highest BCUT2D eigenvalue weighted by Gasteiger charge is 2.36. The van der Waals surface area contributed by atoms with Crippen LogP contribution in [-0.4, -0.2) is 4.98 Å². The molecule has 0 saturated heterocycles. The first-order valence-corrected chi connectivity index (χ1v) is 17.7. The molecule has 0 bridgehead atoms. The Bertz CT molecular complexity index is 2440. The predicted octanol–water partition coefficient (Wildman–Crippen LogP) is 13.4. The fraction of sp³-hybridized carbons (Fsp3) is 0.0600. The van der Waals surface area contributed by atoms with Gasteiger partial charge in [0.1, 0.15) is 0 Å². The lowest BCUT2D eigenvalue weighted by Gasteiger charge is -2.23. The average molecular weight is 652 g/mol. The van der Waals surface area contributed by atoms with E-state index in [2.05, 4.69) is 202 Å². The third kappa shape index (κ3) is 5.58. The molecule has 0 amide bonds. The van der Waals surface area contributed by atoms with Gasteiger partial charge in [-0.05, 0) is 91.0 Å². The van der Waals surface area contributed by atoms with Crippen LogP contribution in [0.15, 0.2) is 188 Å².